The number of nitrogens with zero attached hydrogens (tertiary/aromatic N) is 3. The number of nitriles is 1. The van der Waals surface area contributed by atoms with E-state index < -0.39 is 18.5 Å². The van der Waals surface area contributed by atoms with Gasteiger partial charge < -0.3 is 10.1 Å². The molecule has 0 spiro atoms. The molecule has 0 bridgehead atoms. The number of carbonyl (C=O) groups is 2. The standard InChI is InChI=1S/C17H18N4O3S2/c1-3-12-15(26-21-20-12)17(23)24-8-14(22)19-16-11(7-18)10-5-4-9(2)6-13(10)25-16/h9H,3-6,8H2,1-2H3,(H,19,22)/t9-/m1/s1. The van der Waals surface area contributed by atoms with Crippen LogP contribution in [0.25, 0.3) is 0 Å². The van der Waals surface area contributed by atoms with Crippen molar-refractivity contribution in [2.24, 2.45) is 5.92 Å². The van der Waals surface area contributed by atoms with Gasteiger partial charge in [-0.3, -0.25) is 4.79 Å². The molecular formula is C17H18N4O3S2. The van der Waals surface area contributed by atoms with Crippen molar-refractivity contribution in [3.8, 4) is 6.07 Å². The number of thiophene rings is 1. The average Bonchev–Trinajstić information content (AvgIpc) is 3.22. The zero-order valence-corrected chi connectivity index (χ0v) is 16.1. The van der Waals surface area contributed by atoms with Gasteiger partial charge in [-0.2, -0.15) is 5.26 Å². The number of aryl methyl sites for hydroxylation is 1. The first-order valence-corrected chi connectivity index (χ1v) is 9.95. The van der Waals surface area contributed by atoms with Gasteiger partial charge in [0.05, 0.1) is 11.3 Å². The topological polar surface area (TPSA) is 105 Å². The summed E-state index contributed by atoms with van der Waals surface area (Å²) in [4.78, 5) is 25.7. The molecule has 0 aromatic carbocycles. The smallest absolute Gasteiger partial charge is 0.352 e. The Hall–Kier alpha value is -2.31. The van der Waals surface area contributed by atoms with Gasteiger partial charge in [0.1, 0.15) is 11.1 Å². The molecule has 0 unspecified atom stereocenters. The van der Waals surface area contributed by atoms with Crippen LogP contribution in [0.4, 0.5) is 5.00 Å². The summed E-state index contributed by atoms with van der Waals surface area (Å²) in [6.07, 6.45) is 3.40. The fourth-order valence-electron chi connectivity index (χ4n) is 2.91. The van der Waals surface area contributed by atoms with Crippen molar-refractivity contribution in [2.75, 3.05) is 11.9 Å². The Balaban J connectivity index is 1.64. The first kappa shape index (κ1) is 18.5. The minimum absolute atomic E-state index is 0.318. The van der Waals surface area contributed by atoms with Gasteiger partial charge in [0.2, 0.25) is 0 Å². The van der Waals surface area contributed by atoms with Crippen molar-refractivity contribution < 1.29 is 14.3 Å². The molecule has 7 nitrogen and oxygen atoms in total. The number of amides is 1. The molecule has 3 rings (SSSR count). The first-order chi connectivity index (χ1) is 12.5. The van der Waals surface area contributed by atoms with Crippen molar-refractivity contribution in [1.29, 1.82) is 5.26 Å². The van der Waals surface area contributed by atoms with Gasteiger partial charge in [-0.05, 0) is 48.7 Å². The second-order valence-corrected chi connectivity index (χ2v) is 8.05. The van der Waals surface area contributed by atoms with E-state index in [1.165, 1.54) is 11.3 Å². The summed E-state index contributed by atoms with van der Waals surface area (Å²) < 4.78 is 8.79. The molecule has 136 valence electrons. The van der Waals surface area contributed by atoms with Crippen LogP contribution in [0.5, 0.6) is 0 Å². The van der Waals surface area contributed by atoms with Crippen LogP contribution >= 0.6 is 22.9 Å². The lowest BCUT2D eigenvalue weighted by Gasteiger charge is -2.17. The Morgan fingerprint density at radius 3 is 3.00 bits per heavy atom. The van der Waals surface area contributed by atoms with Crippen molar-refractivity contribution in [2.45, 2.75) is 39.5 Å². The summed E-state index contributed by atoms with van der Waals surface area (Å²) in [6.45, 7) is 3.64. The Morgan fingerprint density at radius 1 is 1.46 bits per heavy atom. The fourth-order valence-corrected chi connectivity index (χ4v) is 4.93. The molecule has 2 aromatic rings. The highest BCUT2D eigenvalue weighted by Gasteiger charge is 2.25. The number of hydrogen-bond donors (Lipinski definition) is 1. The molecule has 0 fully saturated rings. The third-order valence-corrected chi connectivity index (χ3v) is 6.20. The van der Waals surface area contributed by atoms with Gasteiger partial charge in [-0.15, -0.1) is 16.4 Å². The minimum atomic E-state index is -0.605. The zero-order chi connectivity index (χ0) is 18.7. The Labute approximate surface area is 159 Å². The van der Waals surface area contributed by atoms with Gasteiger partial charge in [-0.25, -0.2) is 4.79 Å². The summed E-state index contributed by atoms with van der Waals surface area (Å²) in [6, 6.07) is 2.20. The largest absolute Gasteiger partial charge is 0.451 e. The third kappa shape index (κ3) is 3.76. The number of ether oxygens (including phenoxy) is 1. The van der Waals surface area contributed by atoms with Gasteiger partial charge in [0, 0.05) is 4.88 Å². The van der Waals surface area contributed by atoms with Crippen molar-refractivity contribution >= 4 is 39.7 Å². The molecule has 0 radical (unpaired) electrons. The third-order valence-electron chi connectivity index (χ3n) is 4.29. The molecule has 0 saturated heterocycles. The molecule has 0 saturated carbocycles. The average molecular weight is 390 g/mol. The van der Waals surface area contributed by atoms with E-state index in [4.69, 9.17) is 4.74 Å². The van der Waals surface area contributed by atoms with E-state index >= 15 is 0 Å². The molecule has 0 aliphatic heterocycles. The van der Waals surface area contributed by atoms with Crippen LogP contribution in [0, 0.1) is 17.2 Å². The second kappa shape index (κ2) is 7.93. The van der Waals surface area contributed by atoms with Crippen LogP contribution < -0.4 is 5.32 Å². The number of aromatic nitrogens is 2. The number of carbonyl (C=O) groups excluding carboxylic acids is 2. The summed E-state index contributed by atoms with van der Waals surface area (Å²) in [7, 11) is 0. The summed E-state index contributed by atoms with van der Waals surface area (Å²) in [5.74, 6) is -0.484. The predicted molar refractivity (Wildman–Crippen MR) is 98.4 cm³/mol. The normalized spacial score (nSPS) is 15.8. The second-order valence-electron chi connectivity index (χ2n) is 6.19. The fraction of sp³-hybridized carbons (Fsp3) is 0.471. The van der Waals surface area contributed by atoms with Crippen molar-refractivity contribution in [1.82, 2.24) is 9.59 Å². The van der Waals surface area contributed by atoms with Gasteiger partial charge >= 0.3 is 5.97 Å². The molecule has 1 amide bonds. The highest BCUT2D eigenvalue weighted by atomic mass is 32.1. The van der Waals surface area contributed by atoms with E-state index in [1.54, 1.807) is 0 Å². The maximum Gasteiger partial charge on any atom is 0.352 e. The molecule has 2 heterocycles. The quantitative estimate of drug-likeness (QED) is 0.787. The van der Waals surface area contributed by atoms with Gasteiger partial charge in [-0.1, -0.05) is 18.3 Å². The summed E-state index contributed by atoms with van der Waals surface area (Å²) in [5, 5.41) is 16.6. The molecule has 26 heavy (non-hydrogen) atoms. The zero-order valence-electron chi connectivity index (χ0n) is 14.5. The Morgan fingerprint density at radius 2 is 2.27 bits per heavy atom. The highest BCUT2D eigenvalue weighted by molar-refractivity contribution is 7.16. The minimum Gasteiger partial charge on any atom is -0.451 e. The van der Waals surface area contributed by atoms with E-state index in [1.807, 2.05) is 6.92 Å². The lowest BCUT2D eigenvalue weighted by atomic mass is 9.89. The van der Waals surface area contributed by atoms with Crippen molar-refractivity contribution in [3.63, 3.8) is 0 Å². The Bertz CT molecular complexity index is 881. The van der Waals surface area contributed by atoms with E-state index in [2.05, 4.69) is 27.9 Å². The molecule has 9 heteroatoms. The van der Waals surface area contributed by atoms with E-state index in [-0.39, 0.29) is 0 Å². The summed E-state index contributed by atoms with van der Waals surface area (Å²) in [5.41, 5.74) is 2.15. The number of anilines is 1. The van der Waals surface area contributed by atoms with E-state index in [0.29, 0.717) is 33.5 Å². The number of rotatable bonds is 5. The number of nitrogens with one attached hydrogen (secondary N) is 1. The number of hydrogen-bond acceptors (Lipinski definition) is 8. The van der Waals surface area contributed by atoms with Crippen LogP contribution in [0.3, 0.4) is 0 Å². The summed E-state index contributed by atoms with van der Waals surface area (Å²) >= 11 is 2.40. The van der Waals surface area contributed by atoms with Crippen LogP contribution in [0.2, 0.25) is 0 Å². The van der Waals surface area contributed by atoms with E-state index in [9.17, 15) is 14.9 Å². The number of esters is 1. The van der Waals surface area contributed by atoms with Crippen LogP contribution in [-0.2, 0) is 28.8 Å². The van der Waals surface area contributed by atoms with E-state index in [0.717, 1.165) is 41.2 Å². The van der Waals surface area contributed by atoms with Crippen LogP contribution in [-0.4, -0.2) is 28.1 Å². The monoisotopic (exact) mass is 390 g/mol. The molecule has 1 aliphatic carbocycles. The lowest BCUT2D eigenvalue weighted by molar-refractivity contribution is -0.119. The predicted octanol–water partition coefficient (Wildman–Crippen LogP) is 2.95. The molecule has 1 atom stereocenters. The van der Waals surface area contributed by atoms with Gasteiger partial charge in [0.15, 0.2) is 11.5 Å². The van der Waals surface area contributed by atoms with Crippen LogP contribution in [0.15, 0.2) is 0 Å². The first-order valence-electron chi connectivity index (χ1n) is 8.36. The molecular weight excluding hydrogens is 372 g/mol. The van der Waals surface area contributed by atoms with Gasteiger partial charge in [0.25, 0.3) is 5.91 Å². The molecule has 1 aliphatic rings. The molecule has 2 aromatic heterocycles. The molecule has 1 N–H and O–H groups in total. The number of fused-ring (bicyclic) bond motifs is 1. The lowest BCUT2D eigenvalue weighted by Crippen LogP contribution is -2.21. The highest BCUT2D eigenvalue weighted by Crippen LogP contribution is 2.39. The Kier molecular flexibility index (Phi) is 5.64. The van der Waals surface area contributed by atoms with Crippen LogP contribution in [0.1, 0.15) is 51.6 Å². The maximum absolute atomic E-state index is 12.2. The maximum atomic E-state index is 12.2. The SMILES string of the molecule is CCc1nnsc1C(=O)OCC(=O)Nc1sc2c(c1C#N)CC[C@@H](C)C2. The van der Waals surface area contributed by atoms with Crippen molar-refractivity contribution in [3.05, 3.63) is 26.6 Å².